The van der Waals surface area contributed by atoms with Crippen LogP contribution < -0.4 is 10.6 Å². The maximum Gasteiger partial charge on any atom is 0.416 e. The van der Waals surface area contributed by atoms with Crippen molar-refractivity contribution in [2.24, 2.45) is 5.92 Å². The second-order valence-electron chi connectivity index (χ2n) is 6.65. The molecule has 0 aromatic heterocycles. The van der Waals surface area contributed by atoms with E-state index in [9.17, 15) is 22.8 Å². The molecule has 4 nitrogen and oxygen atoms in total. The van der Waals surface area contributed by atoms with Crippen LogP contribution in [-0.2, 0) is 22.2 Å². The largest absolute Gasteiger partial charge is 0.416 e. The monoisotopic (exact) mass is 378 g/mol. The Morgan fingerprint density at radius 1 is 0.926 bits per heavy atom. The van der Waals surface area contributed by atoms with Gasteiger partial charge in [-0.25, -0.2) is 0 Å². The Labute approximate surface area is 155 Å². The van der Waals surface area contributed by atoms with E-state index in [1.54, 1.807) is 24.3 Å². The fourth-order valence-corrected chi connectivity index (χ4v) is 2.47. The average molecular weight is 378 g/mol. The van der Waals surface area contributed by atoms with Gasteiger partial charge in [0.25, 0.3) is 0 Å². The Hall–Kier alpha value is -2.83. The molecule has 2 N–H and O–H groups in total. The summed E-state index contributed by atoms with van der Waals surface area (Å²) in [5, 5.41) is 5.38. The number of hydrogen-bond acceptors (Lipinski definition) is 2. The minimum Gasteiger partial charge on any atom is -0.326 e. The first-order chi connectivity index (χ1) is 12.6. The Morgan fingerprint density at radius 3 is 2.00 bits per heavy atom. The fraction of sp³-hybridized carbons (Fsp3) is 0.300. The summed E-state index contributed by atoms with van der Waals surface area (Å²) in [6.07, 6.45) is -4.20. The van der Waals surface area contributed by atoms with Crippen LogP contribution >= 0.6 is 0 Å². The third-order valence-corrected chi connectivity index (χ3v) is 3.67. The lowest BCUT2D eigenvalue weighted by Gasteiger charge is -2.10. The molecule has 0 atom stereocenters. The van der Waals surface area contributed by atoms with Gasteiger partial charge in [0.1, 0.15) is 0 Å². The normalized spacial score (nSPS) is 11.3. The molecule has 0 spiro atoms. The van der Waals surface area contributed by atoms with E-state index in [1.165, 1.54) is 12.1 Å². The predicted molar refractivity (Wildman–Crippen MR) is 98.3 cm³/mol. The highest BCUT2D eigenvalue weighted by atomic mass is 19.4. The minimum absolute atomic E-state index is 0.0914. The summed E-state index contributed by atoms with van der Waals surface area (Å²) in [7, 11) is 0. The van der Waals surface area contributed by atoms with Gasteiger partial charge in [0.2, 0.25) is 11.8 Å². The first-order valence-corrected chi connectivity index (χ1v) is 8.49. The highest BCUT2D eigenvalue weighted by Gasteiger charge is 2.30. The quantitative estimate of drug-likeness (QED) is 0.753. The molecule has 2 aromatic carbocycles. The zero-order valence-electron chi connectivity index (χ0n) is 15.1. The molecule has 27 heavy (non-hydrogen) atoms. The van der Waals surface area contributed by atoms with Crippen molar-refractivity contribution in [2.75, 3.05) is 10.6 Å². The van der Waals surface area contributed by atoms with Crippen LogP contribution in [0, 0.1) is 5.92 Å². The van der Waals surface area contributed by atoms with Gasteiger partial charge in [0.15, 0.2) is 0 Å². The van der Waals surface area contributed by atoms with E-state index < -0.39 is 17.6 Å². The Morgan fingerprint density at radius 2 is 1.48 bits per heavy atom. The van der Waals surface area contributed by atoms with Crippen molar-refractivity contribution in [3.05, 3.63) is 59.7 Å². The van der Waals surface area contributed by atoms with Gasteiger partial charge in [-0.05, 0) is 41.8 Å². The molecule has 7 heteroatoms. The van der Waals surface area contributed by atoms with Gasteiger partial charge in [-0.1, -0.05) is 32.0 Å². The fourth-order valence-electron chi connectivity index (χ4n) is 2.47. The number of amides is 2. The lowest BCUT2D eigenvalue weighted by Crippen LogP contribution is -2.16. The van der Waals surface area contributed by atoms with Crippen molar-refractivity contribution in [3.8, 4) is 0 Å². The van der Waals surface area contributed by atoms with Gasteiger partial charge in [0, 0.05) is 17.8 Å². The van der Waals surface area contributed by atoms with Crippen LogP contribution in [0.5, 0.6) is 0 Å². The number of alkyl halides is 3. The van der Waals surface area contributed by atoms with Gasteiger partial charge in [-0.2, -0.15) is 13.2 Å². The topological polar surface area (TPSA) is 58.2 Å². The smallest absolute Gasteiger partial charge is 0.326 e. The second-order valence-corrected chi connectivity index (χ2v) is 6.65. The number of halogens is 3. The predicted octanol–water partition coefficient (Wildman–Crippen LogP) is 4.87. The number of rotatable bonds is 6. The Kier molecular flexibility index (Phi) is 6.60. The lowest BCUT2D eigenvalue weighted by molar-refractivity contribution is -0.137. The average Bonchev–Trinajstić information content (AvgIpc) is 2.55. The van der Waals surface area contributed by atoms with E-state index in [4.69, 9.17) is 0 Å². The summed E-state index contributed by atoms with van der Waals surface area (Å²) in [6.45, 7) is 3.89. The van der Waals surface area contributed by atoms with Crippen LogP contribution in [0.25, 0.3) is 0 Å². The molecule has 0 bridgehead atoms. The zero-order chi connectivity index (χ0) is 20.0. The highest BCUT2D eigenvalue weighted by molar-refractivity contribution is 5.93. The van der Waals surface area contributed by atoms with Crippen LogP contribution in [0.2, 0.25) is 0 Å². The summed E-state index contributed by atoms with van der Waals surface area (Å²) in [6, 6.07) is 11.2. The van der Waals surface area contributed by atoms with E-state index in [2.05, 4.69) is 10.6 Å². The zero-order valence-corrected chi connectivity index (χ0v) is 15.1. The van der Waals surface area contributed by atoms with Crippen molar-refractivity contribution in [1.82, 2.24) is 0 Å². The Balaban J connectivity index is 1.93. The number of nitrogens with one attached hydrogen (secondary N) is 2. The highest BCUT2D eigenvalue weighted by Crippen LogP contribution is 2.29. The number of anilines is 2. The van der Waals surface area contributed by atoms with E-state index in [-0.39, 0.29) is 23.8 Å². The molecular weight excluding hydrogens is 357 g/mol. The third-order valence-electron chi connectivity index (χ3n) is 3.67. The van der Waals surface area contributed by atoms with Gasteiger partial charge in [-0.15, -0.1) is 0 Å². The van der Waals surface area contributed by atoms with Crippen molar-refractivity contribution < 1.29 is 22.8 Å². The molecule has 0 unspecified atom stereocenters. The van der Waals surface area contributed by atoms with Crippen molar-refractivity contribution in [3.63, 3.8) is 0 Å². The lowest BCUT2D eigenvalue weighted by atomic mass is 10.1. The molecule has 144 valence electrons. The van der Waals surface area contributed by atoms with E-state index >= 15 is 0 Å². The molecule has 0 aliphatic carbocycles. The van der Waals surface area contributed by atoms with Gasteiger partial charge in [-0.3, -0.25) is 9.59 Å². The van der Waals surface area contributed by atoms with E-state index in [1.807, 2.05) is 13.8 Å². The molecule has 0 saturated carbocycles. The SMILES string of the molecule is CC(C)CC(=O)Nc1ccc(NC(=O)Cc2cccc(C(F)(F)F)c2)cc1. The van der Waals surface area contributed by atoms with Gasteiger partial charge < -0.3 is 10.6 Å². The van der Waals surface area contributed by atoms with E-state index in [0.717, 1.165) is 12.1 Å². The molecule has 2 aromatic rings. The molecule has 2 amide bonds. The summed E-state index contributed by atoms with van der Waals surface area (Å²) < 4.78 is 38.2. The summed E-state index contributed by atoms with van der Waals surface area (Å²) in [4.78, 5) is 23.8. The first-order valence-electron chi connectivity index (χ1n) is 8.49. The molecule has 0 fully saturated rings. The molecule has 0 aliphatic heterocycles. The van der Waals surface area contributed by atoms with E-state index in [0.29, 0.717) is 17.8 Å². The Bertz CT molecular complexity index is 800. The maximum atomic E-state index is 12.7. The van der Waals surface area contributed by atoms with Crippen LogP contribution in [0.1, 0.15) is 31.4 Å². The third kappa shape index (κ3) is 6.77. The first kappa shape index (κ1) is 20.5. The second kappa shape index (κ2) is 8.70. The number of benzene rings is 2. The van der Waals surface area contributed by atoms with Gasteiger partial charge in [0.05, 0.1) is 12.0 Å². The molecule has 0 saturated heterocycles. The van der Waals surface area contributed by atoms with Crippen molar-refractivity contribution in [1.29, 1.82) is 0 Å². The number of carbonyl (C=O) groups excluding carboxylic acids is 2. The summed E-state index contributed by atoms with van der Waals surface area (Å²) >= 11 is 0. The molecule has 0 heterocycles. The van der Waals surface area contributed by atoms with Crippen LogP contribution in [0.15, 0.2) is 48.5 Å². The maximum absolute atomic E-state index is 12.7. The summed E-state index contributed by atoms with van der Waals surface area (Å²) in [5.41, 5.74) is 0.597. The van der Waals surface area contributed by atoms with Crippen LogP contribution in [-0.4, -0.2) is 11.8 Å². The minimum atomic E-state index is -4.44. The standard InChI is InChI=1S/C20H21F3N2O2/c1-13(2)10-18(26)24-16-6-8-17(9-7-16)25-19(27)12-14-4-3-5-15(11-14)20(21,22)23/h3-9,11,13H,10,12H2,1-2H3,(H,24,26)(H,25,27). The summed E-state index contributed by atoms with van der Waals surface area (Å²) in [5.74, 6) is -0.267. The molecule has 0 aliphatic rings. The van der Waals surface area contributed by atoms with Crippen molar-refractivity contribution in [2.45, 2.75) is 32.9 Å². The number of hydrogen-bond donors (Lipinski definition) is 2. The molecular formula is C20H21F3N2O2. The van der Waals surface area contributed by atoms with Crippen molar-refractivity contribution >= 4 is 23.2 Å². The van der Waals surface area contributed by atoms with Crippen LogP contribution in [0.4, 0.5) is 24.5 Å². The van der Waals surface area contributed by atoms with Gasteiger partial charge >= 0.3 is 6.18 Å². The molecule has 0 radical (unpaired) electrons. The van der Waals surface area contributed by atoms with Crippen LogP contribution in [0.3, 0.4) is 0 Å². The molecule has 2 rings (SSSR count). The number of carbonyl (C=O) groups is 2.